The maximum atomic E-state index is 12.9. The van der Waals surface area contributed by atoms with Crippen LogP contribution in [0.5, 0.6) is 5.75 Å². The molecule has 0 spiro atoms. The van der Waals surface area contributed by atoms with Crippen molar-refractivity contribution in [2.24, 2.45) is 0 Å². The lowest BCUT2D eigenvalue weighted by molar-refractivity contribution is -0.274. The molecule has 180 valence electrons. The van der Waals surface area contributed by atoms with Gasteiger partial charge in [-0.3, -0.25) is 4.79 Å². The number of anilines is 2. The monoisotopic (exact) mass is 600 g/mol. The van der Waals surface area contributed by atoms with Crippen molar-refractivity contribution in [3.8, 4) is 5.75 Å². The normalized spacial score (nSPS) is 14.1. The molecular weight excluding hydrogens is 581 g/mol. The molecule has 0 aliphatic heterocycles. The third-order valence-electron chi connectivity index (χ3n) is 5.46. The number of amides is 1. The number of halogens is 5. The van der Waals surface area contributed by atoms with E-state index in [4.69, 9.17) is 0 Å². The first kappa shape index (κ1) is 26.1. The fourth-order valence-corrected chi connectivity index (χ4v) is 4.21. The Hall–Kier alpha value is -2.56. The number of hydrogen-bond donors (Lipinski definition) is 1. The predicted molar refractivity (Wildman–Crippen MR) is 132 cm³/mol. The molecule has 0 fully saturated rings. The smallest absolute Gasteiger partial charge is 0.406 e. The zero-order chi connectivity index (χ0) is 25.1. The lowest BCUT2D eigenvalue weighted by Crippen LogP contribution is -2.58. The number of carbonyl (C=O) groups is 1. The molecule has 0 aliphatic rings. The molecule has 3 aromatic carbocycles. The van der Waals surface area contributed by atoms with Crippen LogP contribution in [-0.4, -0.2) is 31.0 Å². The first-order chi connectivity index (χ1) is 16.0. The van der Waals surface area contributed by atoms with Crippen molar-refractivity contribution in [2.45, 2.75) is 25.1 Å². The number of alkyl halides is 3. The van der Waals surface area contributed by atoms with E-state index in [0.717, 1.165) is 21.1 Å². The molecule has 0 heterocycles. The number of aliphatic hydroxyl groups is 1. The third kappa shape index (κ3) is 5.73. The van der Waals surface area contributed by atoms with Crippen LogP contribution in [0.1, 0.15) is 12.5 Å². The van der Waals surface area contributed by atoms with Crippen LogP contribution in [0.15, 0.2) is 81.7 Å². The maximum Gasteiger partial charge on any atom is 0.573 e. The highest BCUT2D eigenvalue weighted by atomic mass is 79.9. The van der Waals surface area contributed by atoms with Crippen molar-refractivity contribution in [1.29, 1.82) is 0 Å². The largest absolute Gasteiger partial charge is 0.573 e. The van der Waals surface area contributed by atoms with Gasteiger partial charge in [0.1, 0.15) is 5.75 Å². The maximum absolute atomic E-state index is 12.9. The second kappa shape index (κ2) is 10.4. The van der Waals surface area contributed by atoms with Gasteiger partial charge in [-0.2, -0.15) is 0 Å². The van der Waals surface area contributed by atoms with Gasteiger partial charge in [0.05, 0.1) is 6.04 Å². The van der Waals surface area contributed by atoms with E-state index in [-0.39, 0.29) is 5.56 Å². The second-order valence-corrected chi connectivity index (χ2v) is 9.33. The molecule has 0 aliphatic carbocycles. The Morgan fingerprint density at radius 2 is 1.47 bits per heavy atom. The van der Waals surface area contributed by atoms with E-state index in [0.29, 0.717) is 17.8 Å². The Labute approximate surface area is 212 Å². The SMILES string of the molecule is CC(N(C=O)c1ccc(Br)cc1)C(O)(c1cccc(OC(F)(F)F)c1)N(C)c1ccc(Br)cc1. The molecule has 2 atom stereocenters. The highest BCUT2D eigenvalue weighted by Crippen LogP contribution is 2.38. The Kier molecular flexibility index (Phi) is 7.95. The number of hydrogen-bond acceptors (Lipinski definition) is 4. The van der Waals surface area contributed by atoms with Crippen molar-refractivity contribution < 1.29 is 27.8 Å². The van der Waals surface area contributed by atoms with Gasteiger partial charge in [0, 0.05) is 32.9 Å². The molecule has 3 aromatic rings. The van der Waals surface area contributed by atoms with Crippen LogP contribution < -0.4 is 14.5 Å². The summed E-state index contributed by atoms with van der Waals surface area (Å²) in [6.45, 7) is 1.61. The van der Waals surface area contributed by atoms with Crippen LogP contribution in [0.2, 0.25) is 0 Å². The molecule has 5 nitrogen and oxygen atoms in total. The Morgan fingerprint density at radius 1 is 0.941 bits per heavy atom. The zero-order valence-corrected chi connectivity index (χ0v) is 21.3. The van der Waals surface area contributed by atoms with Gasteiger partial charge in [0.15, 0.2) is 5.72 Å². The van der Waals surface area contributed by atoms with Gasteiger partial charge in [-0.1, -0.05) is 44.0 Å². The highest BCUT2D eigenvalue weighted by Gasteiger charge is 2.44. The topological polar surface area (TPSA) is 53.0 Å². The molecule has 10 heteroatoms. The van der Waals surface area contributed by atoms with Gasteiger partial charge in [-0.15, -0.1) is 13.2 Å². The van der Waals surface area contributed by atoms with E-state index in [9.17, 15) is 23.1 Å². The van der Waals surface area contributed by atoms with Crippen molar-refractivity contribution in [1.82, 2.24) is 0 Å². The van der Waals surface area contributed by atoms with Crippen molar-refractivity contribution in [3.05, 3.63) is 87.3 Å². The molecule has 3 rings (SSSR count). The van der Waals surface area contributed by atoms with Gasteiger partial charge in [0.25, 0.3) is 0 Å². The minimum absolute atomic E-state index is 0.108. The van der Waals surface area contributed by atoms with E-state index < -0.39 is 23.9 Å². The average Bonchev–Trinajstić information content (AvgIpc) is 2.79. The second-order valence-electron chi connectivity index (χ2n) is 7.50. The van der Waals surface area contributed by atoms with Crippen LogP contribution >= 0.6 is 31.9 Å². The highest BCUT2D eigenvalue weighted by molar-refractivity contribution is 9.10. The predicted octanol–water partition coefficient (Wildman–Crippen LogP) is 6.44. The minimum atomic E-state index is -4.90. The molecule has 0 saturated carbocycles. The zero-order valence-electron chi connectivity index (χ0n) is 18.1. The minimum Gasteiger partial charge on any atom is -0.406 e. The first-order valence-electron chi connectivity index (χ1n) is 10.0. The molecule has 0 aromatic heterocycles. The fourth-order valence-electron chi connectivity index (χ4n) is 3.68. The van der Waals surface area contributed by atoms with E-state index >= 15 is 0 Å². The van der Waals surface area contributed by atoms with Crippen LogP contribution in [0.25, 0.3) is 0 Å². The van der Waals surface area contributed by atoms with Gasteiger partial charge < -0.3 is 19.6 Å². The number of nitrogens with zero attached hydrogens (tertiary/aromatic N) is 2. The Bertz CT molecular complexity index is 1130. The van der Waals surface area contributed by atoms with Crippen molar-refractivity contribution in [3.63, 3.8) is 0 Å². The molecule has 0 saturated heterocycles. The summed E-state index contributed by atoms with van der Waals surface area (Å²) in [5.41, 5.74) is -0.777. The Morgan fingerprint density at radius 3 is 1.97 bits per heavy atom. The van der Waals surface area contributed by atoms with Crippen LogP contribution in [-0.2, 0) is 10.5 Å². The quantitative estimate of drug-likeness (QED) is 0.238. The van der Waals surface area contributed by atoms with Crippen LogP contribution in [0.4, 0.5) is 24.5 Å². The van der Waals surface area contributed by atoms with E-state index in [1.54, 1.807) is 62.5 Å². The van der Waals surface area contributed by atoms with Crippen molar-refractivity contribution in [2.75, 3.05) is 16.8 Å². The van der Waals surface area contributed by atoms with Crippen molar-refractivity contribution >= 4 is 49.6 Å². The number of carbonyl (C=O) groups excluding carboxylic acids is 1. The molecule has 0 bridgehead atoms. The van der Waals surface area contributed by atoms with E-state index in [1.165, 1.54) is 21.9 Å². The number of ether oxygens (including phenoxy) is 1. The summed E-state index contributed by atoms with van der Waals surface area (Å²) < 4.78 is 44.3. The molecule has 0 radical (unpaired) electrons. The first-order valence-corrected chi connectivity index (χ1v) is 11.6. The van der Waals surface area contributed by atoms with Gasteiger partial charge in [0.2, 0.25) is 6.41 Å². The van der Waals surface area contributed by atoms with Crippen LogP contribution in [0, 0.1) is 0 Å². The lowest BCUT2D eigenvalue weighted by Gasteiger charge is -2.46. The summed E-state index contributed by atoms with van der Waals surface area (Å²) in [4.78, 5) is 15.0. The lowest BCUT2D eigenvalue weighted by atomic mass is 9.92. The summed E-state index contributed by atoms with van der Waals surface area (Å²) in [6.07, 6.45) is -4.32. The number of likely N-dealkylation sites (N-methyl/N-ethyl adjacent to an activating group) is 1. The van der Waals surface area contributed by atoms with E-state index in [2.05, 4.69) is 36.6 Å². The standard InChI is InChI=1S/C24H21Br2F3N2O3/c1-16(31(15-32)21-12-8-19(26)9-13-21)23(33,30(2)20-10-6-18(25)7-11-20)17-4-3-5-22(14-17)34-24(27,28)29/h3-16,33H,1-2H3. The van der Waals surface area contributed by atoms with Gasteiger partial charge in [-0.25, -0.2) is 0 Å². The summed E-state index contributed by atoms with van der Waals surface area (Å²) >= 11 is 6.71. The summed E-state index contributed by atoms with van der Waals surface area (Å²) in [6, 6.07) is 18.1. The van der Waals surface area contributed by atoms with Crippen LogP contribution in [0.3, 0.4) is 0 Å². The summed E-state index contributed by atoms with van der Waals surface area (Å²) in [5.74, 6) is -0.485. The van der Waals surface area contributed by atoms with E-state index in [1.807, 2.05) is 0 Å². The Balaban J connectivity index is 2.15. The summed E-state index contributed by atoms with van der Waals surface area (Å²) in [5, 5.41) is 12.2. The fraction of sp³-hybridized carbons (Fsp3) is 0.208. The average molecular weight is 602 g/mol. The molecule has 34 heavy (non-hydrogen) atoms. The molecule has 1 amide bonds. The molecule has 1 N–H and O–H groups in total. The number of rotatable bonds is 8. The summed E-state index contributed by atoms with van der Waals surface area (Å²) in [7, 11) is 1.60. The van der Waals surface area contributed by atoms with Gasteiger partial charge >= 0.3 is 6.36 Å². The number of benzene rings is 3. The third-order valence-corrected chi connectivity index (χ3v) is 6.51. The molecular formula is C24H21Br2F3N2O3. The molecule has 2 unspecified atom stereocenters. The van der Waals surface area contributed by atoms with Gasteiger partial charge in [-0.05, 0) is 67.6 Å².